The van der Waals surface area contributed by atoms with Crippen LogP contribution in [0.5, 0.6) is 0 Å². The molecule has 1 aliphatic carbocycles. The van der Waals surface area contributed by atoms with Gasteiger partial charge in [-0.25, -0.2) is 0 Å². The Morgan fingerprint density at radius 1 is 1.24 bits per heavy atom. The van der Waals surface area contributed by atoms with Gasteiger partial charge in [-0.15, -0.1) is 0 Å². The minimum absolute atomic E-state index is 0.708. The molecular formula is C16H31N. The zero-order valence-electron chi connectivity index (χ0n) is 12.0. The van der Waals surface area contributed by atoms with Crippen molar-refractivity contribution in [1.29, 1.82) is 0 Å². The maximum absolute atomic E-state index is 3.94. The van der Waals surface area contributed by atoms with Crippen LogP contribution in [0.3, 0.4) is 0 Å². The molecule has 0 saturated heterocycles. The third-order valence-electron chi connectivity index (χ3n) is 4.18. The Labute approximate surface area is 108 Å². The van der Waals surface area contributed by atoms with E-state index in [1.807, 2.05) is 0 Å². The van der Waals surface area contributed by atoms with Gasteiger partial charge >= 0.3 is 0 Å². The highest BCUT2D eigenvalue weighted by Gasteiger charge is 2.23. The van der Waals surface area contributed by atoms with E-state index in [1.165, 1.54) is 51.4 Å². The second-order valence-corrected chi connectivity index (χ2v) is 5.52. The molecule has 0 heterocycles. The number of allylic oxidation sites excluding steroid dienone is 1. The SMILES string of the molecule is C/C=C\CC(NC1CCCC1)C(CC)CCC. The predicted octanol–water partition coefficient (Wildman–Crippen LogP) is 4.68. The summed E-state index contributed by atoms with van der Waals surface area (Å²) in [5.74, 6) is 0.858. The Morgan fingerprint density at radius 3 is 2.47 bits per heavy atom. The van der Waals surface area contributed by atoms with Gasteiger partial charge in [-0.3, -0.25) is 0 Å². The summed E-state index contributed by atoms with van der Waals surface area (Å²) >= 11 is 0. The molecule has 0 bridgehead atoms. The van der Waals surface area contributed by atoms with Gasteiger partial charge in [0.2, 0.25) is 0 Å². The van der Waals surface area contributed by atoms with Gasteiger partial charge in [0.1, 0.15) is 0 Å². The minimum atomic E-state index is 0.708. The highest BCUT2D eigenvalue weighted by molar-refractivity contribution is 4.89. The molecule has 0 aromatic rings. The van der Waals surface area contributed by atoms with Crippen LogP contribution in [0.4, 0.5) is 0 Å². The van der Waals surface area contributed by atoms with Crippen molar-refractivity contribution < 1.29 is 0 Å². The molecule has 0 spiro atoms. The van der Waals surface area contributed by atoms with Crippen LogP contribution in [0.25, 0.3) is 0 Å². The fraction of sp³-hybridized carbons (Fsp3) is 0.875. The van der Waals surface area contributed by atoms with Crippen LogP contribution in [0, 0.1) is 5.92 Å². The quantitative estimate of drug-likeness (QED) is 0.604. The Kier molecular flexibility index (Phi) is 7.59. The van der Waals surface area contributed by atoms with Crippen LogP contribution in [-0.2, 0) is 0 Å². The lowest BCUT2D eigenvalue weighted by Crippen LogP contribution is -2.41. The lowest BCUT2D eigenvalue weighted by atomic mass is 9.89. The fourth-order valence-corrected chi connectivity index (χ4v) is 3.14. The third kappa shape index (κ3) is 5.25. The van der Waals surface area contributed by atoms with E-state index in [2.05, 4.69) is 38.2 Å². The normalized spacial score (nSPS) is 21.1. The molecule has 2 atom stereocenters. The smallest absolute Gasteiger partial charge is 0.0132 e. The van der Waals surface area contributed by atoms with Gasteiger partial charge < -0.3 is 5.32 Å². The summed E-state index contributed by atoms with van der Waals surface area (Å²) in [5.41, 5.74) is 0. The van der Waals surface area contributed by atoms with Crippen molar-refractivity contribution in [2.45, 2.75) is 84.2 Å². The number of rotatable bonds is 8. The van der Waals surface area contributed by atoms with E-state index < -0.39 is 0 Å². The number of hydrogen-bond donors (Lipinski definition) is 1. The second kappa shape index (κ2) is 8.74. The first-order valence-electron chi connectivity index (χ1n) is 7.69. The zero-order valence-corrected chi connectivity index (χ0v) is 12.0. The van der Waals surface area contributed by atoms with Crippen LogP contribution in [0.2, 0.25) is 0 Å². The van der Waals surface area contributed by atoms with Crippen LogP contribution in [0.1, 0.15) is 72.1 Å². The van der Waals surface area contributed by atoms with E-state index in [9.17, 15) is 0 Å². The third-order valence-corrected chi connectivity index (χ3v) is 4.18. The van der Waals surface area contributed by atoms with Crippen molar-refractivity contribution in [2.75, 3.05) is 0 Å². The average molecular weight is 237 g/mol. The molecule has 2 unspecified atom stereocenters. The molecule has 0 amide bonds. The molecule has 1 fully saturated rings. The fourth-order valence-electron chi connectivity index (χ4n) is 3.14. The van der Waals surface area contributed by atoms with E-state index in [1.54, 1.807) is 0 Å². The lowest BCUT2D eigenvalue weighted by Gasteiger charge is -2.29. The Bertz CT molecular complexity index is 204. The van der Waals surface area contributed by atoms with Crippen molar-refractivity contribution in [1.82, 2.24) is 5.32 Å². The van der Waals surface area contributed by atoms with Crippen LogP contribution in [0.15, 0.2) is 12.2 Å². The molecule has 1 heteroatoms. The summed E-state index contributed by atoms with van der Waals surface area (Å²) in [4.78, 5) is 0. The summed E-state index contributed by atoms with van der Waals surface area (Å²) in [7, 11) is 0. The molecule has 1 aliphatic rings. The minimum Gasteiger partial charge on any atom is -0.311 e. The largest absolute Gasteiger partial charge is 0.311 e. The molecule has 0 aromatic carbocycles. The Hall–Kier alpha value is -0.300. The molecule has 1 N–H and O–H groups in total. The molecule has 1 nitrogen and oxygen atoms in total. The Balaban J connectivity index is 2.49. The molecule has 0 radical (unpaired) electrons. The van der Waals surface area contributed by atoms with Gasteiger partial charge in [0, 0.05) is 12.1 Å². The molecular weight excluding hydrogens is 206 g/mol. The summed E-state index contributed by atoms with van der Waals surface area (Å²) in [5, 5.41) is 3.94. The van der Waals surface area contributed by atoms with Gasteiger partial charge in [0.15, 0.2) is 0 Å². The first-order chi connectivity index (χ1) is 8.31. The highest BCUT2D eigenvalue weighted by atomic mass is 15.0. The summed E-state index contributed by atoms with van der Waals surface area (Å²) in [6.45, 7) is 6.79. The topological polar surface area (TPSA) is 12.0 Å². The summed E-state index contributed by atoms with van der Waals surface area (Å²) < 4.78 is 0. The van der Waals surface area contributed by atoms with Crippen LogP contribution >= 0.6 is 0 Å². The van der Waals surface area contributed by atoms with Crippen molar-refractivity contribution in [3.8, 4) is 0 Å². The number of nitrogens with one attached hydrogen (secondary N) is 1. The van der Waals surface area contributed by atoms with Crippen LogP contribution < -0.4 is 5.32 Å². The van der Waals surface area contributed by atoms with Crippen LogP contribution in [-0.4, -0.2) is 12.1 Å². The molecule has 1 rings (SSSR count). The van der Waals surface area contributed by atoms with Gasteiger partial charge in [-0.2, -0.15) is 0 Å². The van der Waals surface area contributed by atoms with Crippen molar-refractivity contribution in [3.63, 3.8) is 0 Å². The molecule has 17 heavy (non-hydrogen) atoms. The average Bonchev–Trinajstić information content (AvgIpc) is 2.84. The maximum atomic E-state index is 3.94. The Morgan fingerprint density at radius 2 is 1.94 bits per heavy atom. The van der Waals surface area contributed by atoms with E-state index >= 15 is 0 Å². The second-order valence-electron chi connectivity index (χ2n) is 5.52. The van der Waals surface area contributed by atoms with Crippen molar-refractivity contribution in [3.05, 3.63) is 12.2 Å². The molecule has 1 saturated carbocycles. The lowest BCUT2D eigenvalue weighted by molar-refractivity contribution is 0.295. The van der Waals surface area contributed by atoms with Gasteiger partial charge in [-0.05, 0) is 38.5 Å². The van der Waals surface area contributed by atoms with Gasteiger partial charge in [0.25, 0.3) is 0 Å². The molecule has 0 aliphatic heterocycles. The van der Waals surface area contributed by atoms with E-state index in [0.717, 1.165) is 12.0 Å². The first kappa shape index (κ1) is 14.8. The van der Waals surface area contributed by atoms with Gasteiger partial charge in [-0.1, -0.05) is 51.7 Å². The number of hydrogen-bond acceptors (Lipinski definition) is 1. The van der Waals surface area contributed by atoms with E-state index in [-0.39, 0.29) is 0 Å². The monoisotopic (exact) mass is 237 g/mol. The summed E-state index contributed by atoms with van der Waals surface area (Å²) in [6, 6.07) is 1.51. The van der Waals surface area contributed by atoms with Gasteiger partial charge in [0.05, 0.1) is 0 Å². The highest BCUT2D eigenvalue weighted by Crippen LogP contribution is 2.23. The van der Waals surface area contributed by atoms with E-state index in [0.29, 0.717) is 6.04 Å². The zero-order chi connectivity index (χ0) is 12.5. The van der Waals surface area contributed by atoms with Crippen molar-refractivity contribution in [2.24, 2.45) is 5.92 Å². The first-order valence-corrected chi connectivity index (χ1v) is 7.69. The predicted molar refractivity (Wildman–Crippen MR) is 77.3 cm³/mol. The standard InChI is InChI=1S/C16H31N/c1-4-7-13-16(14(6-3)10-5-2)17-15-11-8-9-12-15/h4,7,14-17H,5-6,8-13H2,1-3H3/b7-4-. The van der Waals surface area contributed by atoms with E-state index in [4.69, 9.17) is 0 Å². The summed E-state index contributed by atoms with van der Waals surface area (Å²) in [6.07, 6.45) is 15.4. The molecule has 100 valence electrons. The van der Waals surface area contributed by atoms with Crippen molar-refractivity contribution >= 4 is 0 Å². The maximum Gasteiger partial charge on any atom is 0.0132 e. The molecule has 0 aromatic heterocycles.